The summed E-state index contributed by atoms with van der Waals surface area (Å²) in [6.45, 7) is 2.31. The van der Waals surface area contributed by atoms with E-state index in [0.29, 0.717) is 11.4 Å². The minimum Gasteiger partial charge on any atom is -0.350 e. The van der Waals surface area contributed by atoms with Crippen molar-refractivity contribution in [3.8, 4) is 10.6 Å². The SMILES string of the molecule is C[C@H](N)CNC(=O)c1cnc(-c2ccccc2Br)s1. The Morgan fingerprint density at radius 1 is 1.53 bits per heavy atom. The van der Waals surface area contributed by atoms with Crippen molar-refractivity contribution in [2.45, 2.75) is 13.0 Å². The zero-order valence-corrected chi connectivity index (χ0v) is 12.8. The number of carbonyl (C=O) groups excluding carboxylic acids is 1. The Balaban J connectivity index is 2.15. The Bertz CT molecular complexity index is 583. The molecule has 2 rings (SSSR count). The monoisotopic (exact) mass is 339 g/mol. The summed E-state index contributed by atoms with van der Waals surface area (Å²) in [5, 5.41) is 3.59. The highest BCUT2D eigenvalue weighted by Gasteiger charge is 2.13. The number of halogens is 1. The van der Waals surface area contributed by atoms with Crippen LogP contribution in [0.3, 0.4) is 0 Å². The molecule has 4 nitrogen and oxygen atoms in total. The number of nitrogens with two attached hydrogens (primary N) is 1. The second kappa shape index (κ2) is 6.27. The van der Waals surface area contributed by atoms with Crippen molar-refractivity contribution in [1.29, 1.82) is 0 Å². The van der Waals surface area contributed by atoms with Crippen LogP contribution in [0.25, 0.3) is 10.6 Å². The largest absolute Gasteiger partial charge is 0.350 e. The van der Waals surface area contributed by atoms with Gasteiger partial charge in [0.2, 0.25) is 0 Å². The Morgan fingerprint density at radius 3 is 2.95 bits per heavy atom. The Labute approximate surface area is 124 Å². The van der Waals surface area contributed by atoms with E-state index in [0.717, 1.165) is 15.0 Å². The van der Waals surface area contributed by atoms with Crippen molar-refractivity contribution in [2.75, 3.05) is 6.54 Å². The van der Waals surface area contributed by atoms with Crippen LogP contribution >= 0.6 is 27.3 Å². The van der Waals surface area contributed by atoms with E-state index in [1.165, 1.54) is 11.3 Å². The van der Waals surface area contributed by atoms with E-state index in [1.807, 2.05) is 31.2 Å². The number of hydrogen-bond donors (Lipinski definition) is 2. The van der Waals surface area contributed by atoms with Gasteiger partial charge in [-0.1, -0.05) is 34.1 Å². The number of nitrogens with zero attached hydrogens (tertiary/aromatic N) is 1. The first-order chi connectivity index (χ1) is 9.08. The average Bonchev–Trinajstić information content (AvgIpc) is 2.86. The van der Waals surface area contributed by atoms with Crippen LogP contribution < -0.4 is 11.1 Å². The van der Waals surface area contributed by atoms with Crippen molar-refractivity contribution in [3.05, 3.63) is 39.8 Å². The predicted octanol–water partition coefficient (Wildman–Crippen LogP) is 2.65. The summed E-state index contributed by atoms with van der Waals surface area (Å²) in [6.07, 6.45) is 1.59. The van der Waals surface area contributed by atoms with Crippen molar-refractivity contribution in [2.24, 2.45) is 5.73 Å². The van der Waals surface area contributed by atoms with Gasteiger partial charge in [-0.2, -0.15) is 0 Å². The lowest BCUT2D eigenvalue weighted by atomic mass is 10.2. The van der Waals surface area contributed by atoms with E-state index in [9.17, 15) is 4.79 Å². The number of thiazole rings is 1. The lowest BCUT2D eigenvalue weighted by Gasteiger charge is -2.05. The van der Waals surface area contributed by atoms with Gasteiger partial charge in [-0.3, -0.25) is 4.79 Å². The van der Waals surface area contributed by atoms with Gasteiger partial charge in [-0.05, 0) is 13.0 Å². The summed E-state index contributed by atoms with van der Waals surface area (Å²) < 4.78 is 0.965. The second-order valence-corrected chi connectivity index (χ2v) is 6.08. The Hall–Kier alpha value is -1.24. The maximum Gasteiger partial charge on any atom is 0.263 e. The van der Waals surface area contributed by atoms with E-state index >= 15 is 0 Å². The van der Waals surface area contributed by atoms with Gasteiger partial charge < -0.3 is 11.1 Å². The molecular formula is C13H14BrN3OS. The fraction of sp³-hybridized carbons (Fsp3) is 0.231. The highest BCUT2D eigenvalue weighted by atomic mass is 79.9. The smallest absolute Gasteiger partial charge is 0.263 e. The van der Waals surface area contributed by atoms with Gasteiger partial charge in [-0.25, -0.2) is 4.98 Å². The molecule has 0 saturated heterocycles. The first kappa shape index (κ1) is 14.2. The van der Waals surface area contributed by atoms with E-state index in [4.69, 9.17) is 5.73 Å². The third-order valence-electron chi connectivity index (χ3n) is 2.42. The maximum atomic E-state index is 11.9. The van der Waals surface area contributed by atoms with Gasteiger partial charge in [0.15, 0.2) is 0 Å². The van der Waals surface area contributed by atoms with Crippen molar-refractivity contribution >= 4 is 33.2 Å². The Morgan fingerprint density at radius 2 is 2.26 bits per heavy atom. The number of hydrogen-bond acceptors (Lipinski definition) is 4. The number of rotatable bonds is 4. The van der Waals surface area contributed by atoms with Crippen LogP contribution in [0.1, 0.15) is 16.6 Å². The average molecular weight is 340 g/mol. The topological polar surface area (TPSA) is 68.0 Å². The summed E-state index contributed by atoms with van der Waals surface area (Å²) in [5.74, 6) is -0.131. The molecule has 19 heavy (non-hydrogen) atoms. The molecule has 0 unspecified atom stereocenters. The van der Waals surface area contributed by atoms with Crippen LogP contribution in [0.15, 0.2) is 34.9 Å². The zero-order chi connectivity index (χ0) is 13.8. The molecule has 6 heteroatoms. The summed E-state index contributed by atoms with van der Waals surface area (Å²) in [6, 6.07) is 7.74. The van der Waals surface area contributed by atoms with Crippen molar-refractivity contribution < 1.29 is 4.79 Å². The van der Waals surface area contributed by atoms with Crippen LogP contribution in [-0.4, -0.2) is 23.5 Å². The number of nitrogens with one attached hydrogen (secondary N) is 1. The minimum atomic E-state index is -0.131. The molecule has 0 bridgehead atoms. The zero-order valence-electron chi connectivity index (χ0n) is 10.4. The van der Waals surface area contributed by atoms with E-state index in [1.54, 1.807) is 6.20 Å². The normalized spacial score (nSPS) is 12.2. The molecular weight excluding hydrogens is 326 g/mol. The minimum absolute atomic E-state index is 0.0559. The third kappa shape index (κ3) is 3.62. The summed E-state index contributed by atoms with van der Waals surface area (Å²) in [5.41, 5.74) is 6.59. The Kier molecular flexibility index (Phi) is 4.68. The molecule has 0 aliphatic carbocycles. The number of benzene rings is 1. The van der Waals surface area contributed by atoms with Gasteiger partial charge in [0, 0.05) is 22.6 Å². The van der Waals surface area contributed by atoms with Gasteiger partial charge in [0.25, 0.3) is 5.91 Å². The van der Waals surface area contributed by atoms with Crippen LogP contribution in [0.5, 0.6) is 0 Å². The van der Waals surface area contributed by atoms with Crippen LogP contribution in [-0.2, 0) is 0 Å². The number of aromatic nitrogens is 1. The van der Waals surface area contributed by atoms with E-state index < -0.39 is 0 Å². The highest BCUT2D eigenvalue weighted by Crippen LogP contribution is 2.31. The third-order valence-corrected chi connectivity index (χ3v) is 4.14. The molecule has 1 heterocycles. The van der Waals surface area contributed by atoms with Gasteiger partial charge in [-0.15, -0.1) is 11.3 Å². The molecule has 1 aromatic carbocycles. The molecule has 1 amide bonds. The first-order valence-electron chi connectivity index (χ1n) is 5.82. The molecule has 1 aromatic heterocycles. The standard InChI is InChI=1S/C13H14BrN3OS/c1-8(15)6-16-12(18)11-7-17-13(19-11)9-4-2-3-5-10(9)14/h2-5,7-8H,6,15H2,1H3,(H,16,18)/t8-/m0/s1. The van der Waals surface area contributed by atoms with Gasteiger partial charge in [0.1, 0.15) is 9.88 Å². The van der Waals surface area contributed by atoms with E-state index in [2.05, 4.69) is 26.2 Å². The summed E-state index contributed by atoms with van der Waals surface area (Å²) in [7, 11) is 0. The fourth-order valence-electron chi connectivity index (χ4n) is 1.48. The van der Waals surface area contributed by atoms with Crippen LogP contribution in [0.4, 0.5) is 0 Å². The molecule has 0 saturated carbocycles. The van der Waals surface area contributed by atoms with Crippen LogP contribution in [0.2, 0.25) is 0 Å². The molecule has 2 aromatic rings. The molecule has 0 fully saturated rings. The maximum absolute atomic E-state index is 11.9. The molecule has 0 spiro atoms. The van der Waals surface area contributed by atoms with Crippen molar-refractivity contribution in [3.63, 3.8) is 0 Å². The molecule has 0 aliphatic rings. The second-order valence-electron chi connectivity index (χ2n) is 4.20. The molecule has 100 valence electrons. The lowest BCUT2D eigenvalue weighted by Crippen LogP contribution is -2.34. The van der Waals surface area contributed by atoms with Gasteiger partial charge >= 0.3 is 0 Å². The quantitative estimate of drug-likeness (QED) is 0.899. The van der Waals surface area contributed by atoms with E-state index in [-0.39, 0.29) is 11.9 Å². The van der Waals surface area contributed by atoms with Crippen molar-refractivity contribution in [1.82, 2.24) is 10.3 Å². The molecule has 1 atom stereocenters. The molecule has 3 N–H and O–H groups in total. The summed E-state index contributed by atoms with van der Waals surface area (Å²) >= 11 is 4.84. The highest BCUT2D eigenvalue weighted by molar-refractivity contribution is 9.10. The first-order valence-corrected chi connectivity index (χ1v) is 7.43. The molecule has 0 radical (unpaired) electrons. The fourth-order valence-corrected chi connectivity index (χ4v) is 2.95. The number of amides is 1. The molecule has 0 aliphatic heterocycles. The predicted molar refractivity (Wildman–Crippen MR) is 81.2 cm³/mol. The lowest BCUT2D eigenvalue weighted by molar-refractivity contribution is 0.0955. The summed E-state index contributed by atoms with van der Waals surface area (Å²) in [4.78, 5) is 16.8. The van der Waals surface area contributed by atoms with Crippen LogP contribution in [0, 0.1) is 0 Å². The number of carbonyl (C=O) groups is 1. The van der Waals surface area contributed by atoms with Gasteiger partial charge in [0.05, 0.1) is 6.20 Å².